The molecule has 8 heteroatoms. The van der Waals surface area contributed by atoms with E-state index in [0.717, 1.165) is 43.6 Å². The number of phenolic OH excluding ortho intramolecular Hbond substituents is 1. The lowest BCUT2D eigenvalue weighted by Gasteiger charge is -2.06. The first-order valence-corrected chi connectivity index (χ1v) is 10.6. The topological polar surface area (TPSA) is 96.7 Å². The molecule has 0 amide bonds. The maximum Gasteiger partial charge on any atom is 0.269 e. The Morgan fingerprint density at radius 1 is 1.27 bits per heavy atom. The number of fused-ring (bicyclic) bond motifs is 1. The number of phenols is 1. The summed E-state index contributed by atoms with van der Waals surface area (Å²) in [6.45, 7) is 4.82. The Morgan fingerprint density at radius 3 is 2.80 bits per heavy atom. The molecule has 1 aliphatic heterocycles. The molecule has 0 unspecified atom stereocenters. The molecule has 0 radical (unpaired) electrons. The number of benzene rings is 1. The molecule has 0 atom stereocenters. The van der Waals surface area contributed by atoms with Crippen molar-refractivity contribution in [2.75, 3.05) is 0 Å². The van der Waals surface area contributed by atoms with Crippen LogP contribution in [0.1, 0.15) is 36.5 Å². The maximum absolute atomic E-state index is 13.1. The fourth-order valence-electron chi connectivity index (χ4n) is 3.59. The molecule has 0 fully saturated rings. The fraction of sp³-hybridized carbons (Fsp3) is 0.273. The minimum Gasteiger partial charge on any atom is -0.508 e. The zero-order valence-electron chi connectivity index (χ0n) is 16.4. The molecule has 1 aromatic carbocycles. The van der Waals surface area contributed by atoms with E-state index in [1.54, 1.807) is 41.0 Å². The van der Waals surface area contributed by atoms with Crippen molar-refractivity contribution in [3.05, 3.63) is 73.7 Å². The van der Waals surface area contributed by atoms with Crippen molar-refractivity contribution >= 4 is 23.0 Å². The van der Waals surface area contributed by atoms with Crippen molar-refractivity contribution in [3.63, 3.8) is 0 Å². The van der Waals surface area contributed by atoms with Crippen LogP contribution in [0.4, 0.5) is 0 Å². The monoisotopic (exact) mass is 419 g/mol. The van der Waals surface area contributed by atoms with E-state index in [9.17, 15) is 15.2 Å². The van der Waals surface area contributed by atoms with Gasteiger partial charge in [0.15, 0.2) is 5.82 Å². The molecular formula is C22H21N5O2S. The van der Waals surface area contributed by atoms with Crippen molar-refractivity contribution < 1.29 is 5.11 Å². The molecule has 1 N–H and O–H groups in total. The van der Waals surface area contributed by atoms with E-state index in [1.807, 2.05) is 4.57 Å². The van der Waals surface area contributed by atoms with Crippen LogP contribution < -0.4 is 14.8 Å². The van der Waals surface area contributed by atoms with E-state index in [0.29, 0.717) is 27.1 Å². The molecule has 7 nitrogen and oxygen atoms in total. The number of hydrogen-bond acceptors (Lipinski definition) is 6. The predicted molar refractivity (Wildman–Crippen MR) is 115 cm³/mol. The first-order chi connectivity index (χ1) is 14.6. The van der Waals surface area contributed by atoms with Gasteiger partial charge in [-0.3, -0.25) is 9.36 Å². The lowest BCUT2D eigenvalue weighted by atomic mass is 10.2. The zero-order chi connectivity index (χ0) is 21.1. The summed E-state index contributed by atoms with van der Waals surface area (Å²) in [4.78, 5) is 13.1. The molecule has 0 spiro atoms. The average molecular weight is 420 g/mol. The SMILES string of the molecule is C=CCn1c(=O)/c(=C\c2ccc(O)cc2)s/c1=C(/C#N)c1nnc2n1CCCCC2. The normalized spacial score (nSPS) is 15.2. The average Bonchev–Trinajstić information content (AvgIpc) is 3.17. The number of aryl methyl sites for hydroxylation is 1. The minimum absolute atomic E-state index is 0.163. The summed E-state index contributed by atoms with van der Waals surface area (Å²) in [6.07, 6.45) is 7.44. The molecular weight excluding hydrogens is 398 g/mol. The van der Waals surface area contributed by atoms with E-state index >= 15 is 0 Å². The molecule has 0 saturated heterocycles. The Balaban J connectivity index is 1.97. The summed E-state index contributed by atoms with van der Waals surface area (Å²) in [5.41, 5.74) is 0.953. The van der Waals surface area contributed by atoms with Crippen molar-refractivity contribution in [2.45, 2.75) is 38.8 Å². The first kappa shape index (κ1) is 19.9. The number of rotatable bonds is 4. The Morgan fingerprint density at radius 2 is 2.07 bits per heavy atom. The van der Waals surface area contributed by atoms with E-state index in [2.05, 4.69) is 22.8 Å². The van der Waals surface area contributed by atoms with Crippen LogP contribution in [-0.4, -0.2) is 24.4 Å². The number of nitrogens with zero attached hydrogens (tertiary/aromatic N) is 5. The van der Waals surface area contributed by atoms with Gasteiger partial charge in [-0.2, -0.15) is 5.26 Å². The molecule has 1 aliphatic rings. The number of thiazole rings is 1. The summed E-state index contributed by atoms with van der Waals surface area (Å²) in [5, 5.41) is 28.1. The summed E-state index contributed by atoms with van der Waals surface area (Å²) in [6, 6.07) is 8.88. The Labute approximate surface area is 177 Å². The van der Waals surface area contributed by atoms with Crippen LogP contribution >= 0.6 is 11.3 Å². The van der Waals surface area contributed by atoms with Crippen LogP contribution in [0.2, 0.25) is 0 Å². The summed E-state index contributed by atoms with van der Waals surface area (Å²) in [5.74, 6) is 1.57. The Hall–Kier alpha value is -3.44. The van der Waals surface area contributed by atoms with E-state index < -0.39 is 0 Å². The van der Waals surface area contributed by atoms with E-state index in [-0.39, 0.29) is 11.3 Å². The van der Waals surface area contributed by atoms with Crippen LogP contribution in [0.25, 0.3) is 11.6 Å². The molecule has 30 heavy (non-hydrogen) atoms. The summed E-state index contributed by atoms with van der Waals surface area (Å²) in [7, 11) is 0. The van der Waals surface area contributed by atoms with Gasteiger partial charge in [0.2, 0.25) is 0 Å². The molecule has 3 heterocycles. The molecule has 2 aromatic heterocycles. The van der Waals surface area contributed by atoms with Gasteiger partial charge in [-0.05, 0) is 36.6 Å². The standard InChI is InChI=1S/C22H21N5O2S/c1-2-11-27-21(29)18(13-15-7-9-16(28)10-8-15)30-22(27)17(14-23)20-25-24-19-6-4-3-5-12-26(19)20/h2,7-10,13,28H,1,3-6,11-12H2/b18-13+,22-17-. The summed E-state index contributed by atoms with van der Waals surface area (Å²) < 4.78 is 4.62. The fourth-order valence-corrected chi connectivity index (χ4v) is 4.69. The Bertz CT molecular complexity index is 1310. The van der Waals surface area contributed by atoms with Gasteiger partial charge in [0, 0.05) is 19.5 Å². The lowest BCUT2D eigenvalue weighted by molar-refractivity contribution is 0.475. The van der Waals surface area contributed by atoms with Crippen LogP contribution in [0, 0.1) is 11.3 Å². The Kier molecular flexibility index (Phi) is 5.63. The van der Waals surface area contributed by atoms with Crippen LogP contribution in [-0.2, 0) is 19.5 Å². The third-order valence-corrected chi connectivity index (χ3v) is 6.20. The zero-order valence-corrected chi connectivity index (χ0v) is 17.2. The highest BCUT2D eigenvalue weighted by Gasteiger charge is 2.20. The third kappa shape index (κ3) is 3.72. The van der Waals surface area contributed by atoms with Crippen LogP contribution in [0.3, 0.4) is 0 Å². The van der Waals surface area contributed by atoms with Gasteiger partial charge in [-0.25, -0.2) is 0 Å². The van der Waals surface area contributed by atoms with Crippen molar-refractivity contribution in [2.24, 2.45) is 0 Å². The molecule has 3 aromatic rings. The van der Waals surface area contributed by atoms with Gasteiger partial charge in [-0.1, -0.05) is 24.6 Å². The van der Waals surface area contributed by atoms with Crippen LogP contribution in [0.5, 0.6) is 5.75 Å². The van der Waals surface area contributed by atoms with Crippen molar-refractivity contribution in [3.8, 4) is 11.8 Å². The molecule has 0 saturated carbocycles. The number of nitriles is 1. The first-order valence-electron chi connectivity index (χ1n) is 9.80. The highest BCUT2D eigenvalue weighted by atomic mass is 32.1. The number of hydrogen-bond donors (Lipinski definition) is 1. The number of allylic oxidation sites excluding steroid dienone is 1. The van der Waals surface area contributed by atoms with Crippen molar-refractivity contribution in [1.29, 1.82) is 5.26 Å². The molecule has 0 bridgehead atoms. The molecule has 152 valence electrons. The quantitative estimate of drug-likeness (QED) is 0.649. The minimum atomic E-state index is -0.189. The van der Waals surface area contributed by atoms with Gasteiger partial charge < -0.3 is 9.67 Å². The van der Waals surface area contributed by atoms with Gasteiger partial charge in [0.25, 0.3) is 5.56 Å². The molecule has 4 rings (SSSR count). The second kappa shape index (κ2) is 8.51. The van der Waals surface area contributed by atoms with Gasteiger partial charge >= 0.3 is 0 Å². The number of aromatic hydroxyl groups is 1. The third-order valence-electron chi connectivity index (χ3n) is 5.07. The molecule has 0 aliphatic carbocycles. The largest absolute Gasteiger partial charge is 0.508 e. The van der Waals surface area contributed by atoms with E-state index in [1.165, 1.54) is 11.3 Å². The van der Waals surface area contributed by atoms with Gasteiger partial charge in [-0.15, -0.1) is 28.1 Å². The van der Waals surface area contributed by atoms with E-state index in [4.69, 9.17) is 0 Å². The predicted octanol–water partition coefficient (Wildman–Crippen LogP) is 1.67. The maximum atomic E-state index is 13.1. The lowest BCUT2D eigenvalue weighted by Crippen LogP contribution is -2.32. The van der Waals surface area contributed by atoms with Gasteiger partial charge in [0.1, 0.15) is 27.9 Å². The van der Waals surface area contributed by atoms with Gasteiger partial charge in [0.05, 0.1) is 4.53 Å². The van der Waals surface area contributed by atoms with Crippen molar-refractivity contribution in [1.82, 2.24) is 19.3 Å². The number of aromatic nitrogens is 4. The highest BCUT2D eigenvalue weighted by molar-refractivity contribution is 7.07. The smallest absolute Gasteiger partial charge is 0.269 e. The highest BCUT2D eigenvalue weighted by Crippen LogP contribution is 2.18. The van der Waals surface area contributed by atoms with Crippen LogP contribution in [0.15, 0.2) is 41.7 Å². The summed E-state index contributed by atoms with van der Waals surface area (Å²) >= 11 is 1.26. The second-order valence-electron chi connectivity index (χ2n) is 7.10. The second-order valence-corrected chi connectivity index (χ2v) is 8.13.